The molecule has 1 saturated carbocycles. The molecule has 6 heteroatoms. The van der Waals surface area contributed by atoms with Crippen LogP contribution in [0.15, 0.2) is 18.2 Å². The Labute approximate surface area is 110 Å². The molecule has 2 rings (SSSR count). The quantitative estimate of drug-likeness (QED) is 0.630. The molecule has 0 amide bonds. The van der Waals surface area contributed by atoms with Gasteiger partial charge in [-0.3, -0.25) is 10.1 Å². The third-order valence-corrected chi connectivity index (χ3v) is 3.70. The largest absolute Gasteiger partial charge is 0.477 e. The summed E-state index contributed by atoms with van der Waals surface area (Å²) in [4.78, 5) is 21.1. The molecule has 2 N–H and O–H groups in total. The molecule has 1 aliphatic carbocycles. The second-order valence-electron chi connectivity index (χ2n) is 5.31. The maximum atomic E-state index is 11.0. The van der Waals surface area contributed by atoms with E-state index in [0.717, 1.165) is 19.4 Å². The molecular formula is C13H16N2O4. The van der Waals surface area contributed by atoms with Crippen molar-refractivity contribution in [3.05, 3.63) is 33.9 Å². The number of aromatic carboxylic acids is 1. The van der Waals surface area contributed by atoms with Gasteiger partial charge in [-0.05, 0) is 30.4 Å². The van der Waals surface area contributed by atoms with Gasteiger partial charge in [0.2, 0.25) is 0 Å². The van der Waals surface area contributed by atoms with E-state index < -0.39 is 10.9 Å². The molecule has 1 aliphatic rings. The minimum absolute atomic E-state index is 0.255. The standard InChI is InChI=1S/C13H16N2O4/c1-13(5-2-6-13)8-14-9-3-4-11(15(18)19)10(7-9)12(16)17/h3-4,7,14H,2,5-6,8H2,1H3,(H,16,17). The first-order chi connectivity index (χ1) is 8.91. The van der Waals surface area contributed by atoms with Crippen molar-refractivity contribution in [2.24, 2.45) is 5.41 Å². The summed E-state index contributed by atoms with van der Waals surface area (Å²) in [6.07, 6.45) is 3.52. The average Bonchev–Trinajstić information content (AvgIpc) is 2.33. The number of nitro groups is 1. The molecule has 6 nitrogen and oxygen atoms in total. The zero-order valence-electron chi connectivity index (χ0n) is 10.7. The summed E-state index contributed by atoms with van der Waals surface area (Å²) in [5.41, 5.74) is 0.198. The lowest BCUT2D eigenvalue weighted by atomic mass is 9.70. The Morgan fingerprint density at radius 2 is 2.21 bits per heavy atom. The fourth-order valence-electron chi connectivity index (χ4n) is 2.25. The summed E-state index contributed by atoms with van der Waals surface area (Å²) in [5.74, 6) is -1.29. The molecule has 1 aromatic carbocycles. The molecule has 0 aromatic heterocycles. The maximum absolute atomic E-state index is 11.0. The van der Waals surface area contributed by atoms with Crippen molar-refractivity contribution >= 4 is 17.3 Å². The van der Waals surface area contributed by atoms with E-state index in [9.17, 15) is 14.9 Å². The first-order valence-corrected chi connectivity index (χ1v) is 6.17. The normalized spacial score (nSPS) is 16.5. The van der Waals surface area contributed by atoms with Crippen LogP contribution in [0.3, 0.4) is 0 Å². The van der Waals surface area contributed by atoms with Gasteiger partial charge in [-0.1, -0.05) is 13.3 Å². The van der Waals surface area contributed by atoms with E-state index in [0.29, 0.717) is 5.69 Å². The molecule has 0 atom stereocenters. The highest BCUT2D eigenvalue weighted by Crippen LogP contribution is 2.40. The highest BCUT2D eigenvalue weighted by Gasteiger charge is 2.31. The van der Waals surface area contributed by atoms with Crippen LogP contribution in [-0.4, -0.2) is 22.5 Å². The first kappa shape index (κ1) is 13.3. The van der Waals surface area contributed by atoms with Gasteiger partial charge in [0.1, 0.15) is 5.56 Å². The van der Waals surface area contributed by atoms with Crippen LogP contribution in [0.25, 0.3) is 0 Å². The van der Waals surface area contributed by atoms with Gasteiger partial charge in [-0.15, -0.1) is 0 Å². The van der Waals surface area contributed by atoms with Crippen molar-refractivity contribution in [2.75, 3.05) is 11.9 Å². The molecule has 102 valence electrons. The Kier molecular flexibility index (Phi) is 3.42. The lowest BCUT2D eigenvalue weighted by Crippen LogP contribution is -2.33. The van der Waals surface area contributed by atoms with Crippen molar-refractivity contribution in [3.8, 4) is 0 Å². The molecule has 0 radical (unpaired) electrons. The molecule has 1 aromatic rings. The molecule has 1 fully saturated rings. The second kappa shape index (κ2) is 4.87. The minimum Gasteiger partial charge on any atom is -0.477 e. The van der Waals surface area contributed by atoms with Gasteiger partial charge in [-0.2, -0.15) is 0 Å². The van der Waals surface area contributed by atoms with Crippen molar-refractivity contribution in [2.45, 2.75) is 26.2 Å². The van der Waals surface area contributed by atoms with E-state index in [-0.39, 0.29) is 16.7 Å². The van der Waals surface area contributed by atoms with Gasteiger partial charge in [0, 0.05) is 18.3 Å². The van der Waals surface area contributed by atoms with Crippen LogP contribution in [-0.2, 0) is 0 Å². The van der Waals surface area contributed by atoms with Crippen molar-refractivity contribution in [3.63, 3.8) is 0 Å². The van der Waals surface area contributed by atoms with E-state index in [4.69, 9.17) is 5.11 Å². The number of carbonyl (C=O) groups is 1. The van der Waals surface area contributed by atoms with E-state index in [1.54, 1.807) is 6.07 Å². The number of rotatable bonds is 5. The molecule has 19 heavy (non-hydrogen) atoms. The second-order valence-corrected chi connectivity index (χ2v) is 5.31. The number of nitro benzene ring substituents is 1. The number of benzene rings is 1. The van der Waals surface area contributed by atoms with E-state index in [1.807, 2.05) is 0 Å². The highest BCUT2D eigenvalue weighted by molar-refractivity contribution is 5.93. The lowest BCUT2D eigenvalue weighted by molar-refractivity contribution is -0.385. The Morgan fingerprint density at radius 1 is 1.53 bits per heavy atom. The monoisotopic (exact) mass is 264 g/mol. The van der Waals surface area contributed by atoms with Crippen LogP contribution >= 0.6 is 0 Å². The van der Waals surface area contributed by atoms with Crippen LogP contribution in [0.4, 0.5) is 11.4 Å². The maximum Gasteiger partial charge on any atom is 0.342 e. The van der Waals surface area contributed by atoms with Gasteiger partial charge < -0.3 is 10.4 Å². The fourth-order valence-corrected chi connectivity index (χ4v) is 2.25. The zero-order valence-corrected chi connectivity index (χ0v) is 10.7. The topological polar surface area (TPSA) is 92.5 Å². The summed E-state index contributed by atoms with van der Waals surface area (Å²) in [6, 6.07) is 4.10. The third-order valence-electron chi connectivity index (χ3n) is 3.70. The van der Waals surface area contributed by atoms with Gasteiger partial charge in [0.15, 0.2) is 0 Å². The summed E-state index contributed by atoms with van der Waals surface area (Å²) < 4.78 is 0. The van der Waals surface area contributed by atoms with Crippen LogP contribution < -0.4 is 5.32 Å². The Hall–Kier alpha value is -2.11. The van der Waals surface area contributed by atoms with Crippen molar-refractivity contribution in [1.29, 1.82) is 0 Å². The number of carboxylic acids is 1. The Morgan fingerprint density at radius 3 is 2.68 bits per heavy atom. The minimum atomic E-state index is -1.29. The van der Waals surface area contributed by atoms with Crippen LogP contribution in [0.5, 0.6) is 0 Å². The lowest BCUT2D eigenvalue weighted by Gasteiger charge is -2.38. The number of nitrogens with one attached hydrogen (secondary N) is 1. The fraction of sp³-hybridized carbons (Fsp3) is 0.462. The first-order valence-electron chi connectivity index (χ1n) is 6.17. The number of hydrogen-bond acceptors (Lipinski definition) is 4. The molecular weight excluding hydrogens is 248 g/mol. The summed E-state index contributed by atoms with van der Waals surface area (Å²) in [6.45, 7) is 2.93. The molecule has 0 spiro atoms. The van der Waals surface area contributed by atoms with Crippen LogP contribution in [0.2, 0.25) is 0 Å². The Balaban J connectivity index is 2.16. The molecule has 0 aliphatic heterocycles. The Bertz CT molecular complexity index is 523. The SMILES string of the molecule is CC1(CNc2ccc([N+](=O)[O-])c(C(=O)O)c2)CCC1. The van der Waals surface area contributed by atoms with Crippen LogP contribution in [0, 0.1) is 15.5 Å². The number of carboxylic acid groups (broad SMARTS) is 1. The van der Waals surface area contributed by atoms with Gasteiger partial charge in [0.05, 0.1) is 4.92 Å². The van der Waals surface area contributed by atoms with Gasteiger partial charge in [-0.25, -0.2) is 4.79 Å². The van der Waals surface area contributed by atoms with E-state index in [1.165, 1.54) is 18.6 Å². The number of nitrogens with zero attached hydrogens (tertiary/aromatic N) is 1. The van der Waals surface area contributed by atoms with Crippen molar-refractivity contribution < 1.29 is 14.8 Å². The van der Waals surface area contributed by atoms with Crippen LogP contribution in [0.1, 0.15) is 36.5 Å². The summed E-state index contributed by atoms with van der Waals surface area (Å²) in [7, 11) is 0. The molecule has 0 bridgehead atoms. The van der Waals surface area contributed by atoms with Gasteiger partial charge in [0.25, 0.3) is 5.69 Å². The average molecular weight is 264 g/mol. The summed E-state index contributed by atoms with van der Waals surface area (Å²) in [5, 5.41) is 22.9. The van der Waals surface area contributed by atoms with E-state index in [2.05, 4.69) is 12.2 Å². The molecule has 0 saturated heterocycles. The highest BCUT2D eigenvalue weighted by atomic mass is 16.6. The van der Waals surface area contributed by atoms with Crippen molar-refractivity contribution in [1.82, 2.24) is 0 Å². The smallest absolute Gasteiger partial charge is 0.342 e. The van der Waals surface area contributed by atoms with E-state index >= 15 is 0 Å². The predicted molar refractivity (Wildman–Crippen MR) is 70.5 cm³/mol. The number of hydrogen-bond donors (Lipinski definition) is 2. The molecule has 0 heterocycles. The predicted octanol–water partition coefficient (Wildman–Crippen LogP) is 2.90. The number of anilines is 1. The summed E-state index contributed by atoms with van der Waals surface area (Å²) >= 11 is 0. The molecule has 0 unspecified atom stereocenters. The van der Waals surface area contributed by atoms with Gasteiger partial charge >= 0.3 is 5.97 Å². The zero-order chi connectivity index (χ0) is 14.0. The third kappa shape index (κ3) is 2.83.